The maximum Gasteiger partial charge on any atom is 0.142 e. The summed E-state index contributed by atoms with van der Waals surface area (Å²) < 4.78 is 0. The molecule has 0 spiro atoms. The summed E-state index contributed by atoms with van der Waals surface area (Å²) in [6.45, 7) is 0. The van der Waals surface area contributed by atoms with Crippen molar-refractivity contribution in [2.24, 2.45) is 5.84 Å². The zero-order valence-electron chi connectivity index (χ0n) is 10.8. The van der Waals surface area contributed by atoms with E-state index in [1.165, 1.54) is 36.1 Å². The highest BCUT2D eigenvalue weighted by atomic mass is 15.3. The van der Waals surface area contributed by atoms with Crippen LogP contribution in [0.15, 0.2) is 36.4 Å². The van der Waals surface area contributed by atoms with E-state index in [1.807, 2.05) is 18.2 Å². The van der Waals surface area contributed by atoms with Crippen LogP contribution in [0.3, 0.4) is 0 Å². The summed E-state index contributed by atoms with van der Waals surface area (Å²) in [5.74, 6) is 6.86. The Kier molecular flexibility index (Phi) is 3.33. The first kappa shape index (κ1) is 12.0. The average molecular weight is 254 g/mol. The zero-order valence-corrected chi connectivity index (χ0v) is 10.8. The molecule has 4 heteroatoms. The third kappa shape index (κ3) is 2.53. The van der Waals surface area contributed by atoms with Crippen LogP contribution in [0.5, 0.6) is 0 Å². The fraction of sp³-hybridized carbons (Fsp3) is 0.267. The molecular weight excluding hydrogens is 236 g/mol. The first-order valence-corrected chi connectivity index (χ1v) is 6.68. The second kappa shape index (κ2) is 5.28. The van der Waals surface area contributed by atoms with Gasteiger partial charge in [-0.2, -0.15) is 0 Å². The number of benzene rings is 1. The van der Waals surface area contributed by atoms with Gasteiger partial charge in [0.2, 0.25) is 0 Å². The van der Waals surface area contributed by atoms with E-state index >= 15 is 0 Å². The van der Waals surface area contributed by atoms with Crippen LogP contribution in [-0.2, 0) is 12.8 Å². The van der Waals surface area contributed by atoms with Gasteiger partial charge >= 0.3 is 0 Å². The van der Waals surface area contributed by atoms with E-state index in [-0.39, 0.29) is 0 Å². The number of anilines is 3. The van der Waals surface area contributed by atoms with Gasteiger partial charge in [0.05, 0.1) is 0 Å². The van der Waals surface area contributed by atoms with E-state index < -0.39 is 0 Å². The summed E-state index contributed by atoms with van der Waals surface area (Å²) in [7, 11) is 0. The lowest BCUT2D eigenvalue weighted by atomic mass is 9.90. The van der Waals surface area contributed by atoms with Crippen LogP contribution in [0, 0.1) is 0 Å². The number of hydrogen-bond acceptors (Lipinski definition) is 4. The van der Waals surface area contributed by atoms with E-state index in [0.717, 1.165) is 12.2 Å². The summed E-state index contributed by atoms with van der Waals surface area (Å²) in [6.07, 6.45) is 4.89. The van der Waals surface area contributed by atoms with Crippen molar-refractivity contribution in [2.75, 3.05) is 10.7 Å². The highest BCUT2D eigenvalue weighted by molar-refractivity contribution is 5.64. The van der Waals surface area contributed by atoms with Gasteiger partial charge in [-0.05, 0) is 55.0 Å². The third-order valence-corrected chi connectivity index (χ3v) is 3.56. The number of hydrazine groups is 1. The molecule has 98 valence electrons. The maximum absolute atomic E-state index is 5.38. The second-order valence-electron chi connectivity index (χ2n) is 4.83. The Balaban J connectivity index is 1.90. The summed E-state index contributed by atoms with van der Waals surface area (Å²) >= 11 is 0. The van der Waals surface area contributed by atoms with Crippen LogP contribution in [0.1, 0.15) is 24.0 Å². The fourth-order valence-corrected chi connectivity index (χ4v) is 2.62. The molecule has 0 unspecified atom stereocenters. The zero-order chi connectivity index (χ0) is 13.1. The quantitative estimate of drug-likeness (QED) is 0.582. The molecule has 0 saturated heterocycles. The number of pyridine rings is 1. The minimum atomic E-state index is 0.662. The topological polar surface area (TPSA) is 63.0 Å². The Morgan fingerprint density at radius 2 is 1.74 bits per heavy atom. The predicted molar refractivity (Wildman–Crippen MR) is 78.4 cm³/mol. The first-order valence-electron chi connectivity index (χ1n) is 6.68. The molecule has 1 aliphatic rings. The van der Waals surface area contributed by atoms with Gasteiger partial charge in [-0.15, -0.1) is 0 Å². The number of nitrogens with one attached hydrogen (secondary N) is 2. The monoisotopic (exact) mass is 254 g/mol. The van der Waals surface area contributed by atoms with Crippen molar-refractivity contribution in [3.8, 4) is 0 Å². The molecule has 0 amide bonds. The number of nitrogens with two attached hydrogens (primary N) is 1. The molecule has 0 aliphatic heterocycles. The average Bonchev–Trinajstić information content (AvgIpc) is 2.48. The van der Waals surface area contributed by atoms with Gasteiger partial charge in [-0.3, -0.25) is 0 Å². The predicted octanol–water partition coefficient (Wildman–Crippen LogP) is 2.99. The Bertz CT molecular complexity index is 580. The van der Waals surface area contributed by atoms with Gasteiger partial charge in [0.1, 0.15) is 11.6 Å². The lowest BCUT2D eigenvalue weighted by Gasteiger charge is -2.20. The van der Waals surface area contributed by atoms with Crippen molar-refractivity contribution in [3.05, 3.63) is 47.5 Å². The van der Waals surface area contributed by atoms with Crippen LogP contribution in [0.25, 0.3) is 0 Å². The Labute approximate surface area is 113 Å². The molecule has 2 aromatic rings. The fourth-order valence-electron chi connectivity index (χ4n) is 2.62. The molecule has 0 atom stereocenters. The Hall–Kier alpha value is -2.07. The molecule has 4 N–H and O–H groups in total. The second-order valence-corrected chi connectivity index (χ2v) is 4.83. The molecule has 0 radical (unpaired) electrons. The van der Waals surface area contributed by atoms with Crippen molar-refractivity contribution in [3.63, 3.8) is 0 Å². The largest absolute Gasteiger partial charge is 0.340 e. The Morgan fingerprint density at radius 1 is 0.947 bits per heavy atom. The van der Waals surface area contributed by atoms with Gasteiger partial charge in [0, 0.05) is 5.69 Å². The van der Waals surface area contributed by atoms with Crippen LogP contribution >= 0.6 is 0 Å². The third-order valence-electron chi connectivity index (χ3n) is 3.56. The highest BCUT2D eigenvalue weighted by Gasteiger charge is 2.13. The summed E-state index contributed by atoms with van der Waals surface area (Å²) in [6, 6.07) is 12.2. The summed E-state index contributed by atoms with van der Waals surface area (Å²) in [5.41, 5.74) is 6.62. The van der Waals surface area contributed by atoms with Crippen molar-refractivity contribution in [1.82, 2.24) is 4.98 Å². The molecule has 19 heavy (non-hydrogen) atoms. The van der Waals surface area contributed by atoms with Crippen molar-refractivity contribution < 1.29 is 0 Å². The van der Waals surface area contributed by atoms with Gasteiger partial charge in [0.25, 0.3) is 0 Å². The highest BCUT2D eigenvalue weighted by Crippen LogP contribution is 2.29. The maximum atomic E-state index is 5.38. The molecule has 1 aliphatic carbocycles. The summed E-state index contributed by atoms with van der Waals surface area (Å²) in [5, 5.41) is 3.40. The van der Waals surface area contributed by atoms with E-state index in [9.17, 15) is 0 Å². The van der Waals surface area contributed by atoms with Gasteiger partial charge in [-0.1, -0.05) is 18.2 Å². The smallest absolute Gasteiger partial charge is 0.142 e. The van der Waals surface area contributed by atoms with E-state index in [0.29, 0.717) is 5.82 Å². The van der Waals surface area contributed by atoms with Gasteiger partial charge < -0.3 is 10.7 Å². The van der Waals surface area contributed by atoms with Crippen molar-refractivity contribution in [2.45, 2.75) is 25.7 Å². The normalized spacial score (nSPS) is 13.7. The van der Waals surface area contributed by atoms with Crippen LogP contribution in [-0.4, -0.2) is 4.98 Å². The molecule has 0 fully saturated rings. The molecule has 1 aromatic carbocycles. The number of aryl methyl sites for hydroxylation is 1. The molecule has 0 bridgehead atoms. The molecule has 3 rings (SSSR count). The number of aromatic nitrogens is 1. The van der Waals surface area contributed by atoms with Crippen LogP contribution in [0.2, 0.25) is 0 Å². The molecule has 1 aromatic heterocycles. The minimum absolute atomic E-state index is 0.662. The molecule has 4 nitrogen and oxygen atoms in total. The van der Waals surface area contributed by atoms with E-state index in [4.69, 9.17) is 5.84 Å². The SMILES string of the molecule is NNc1cccc(Nc2cccc3c2CCCC3)n1. The minimum Gasteiger partial charge on any atom is -0.340 e. The van der Waals surface area contributed by atoms with Crippen molar-refractivity contribution in [1.29, 1.82) is 0 Å². The number of rotatable bonds is 3. The molecular formula is C15H18N4. The number of hydrogen-bond donors (Lipinski definition) is 3. The van der Waals surface area contributed by atoms with Gasteiger partial charge in [-0.25, -0.2) is 10.8 Å². The lowest BCUT2D eigenvalue weighted by Crippen LogP contribution is -2.10. The Morgan fingerprint density at radius 3 is 2.63 bits per heavy atom. The first-order chi connectivity index (χ1) is 9.36. The van der Waals surface area contributed by atoms with Gasteiger partial charge in [0.15, 0.2) is 0 Å². The standard InChI is InChI=1S/C15H18N4/c16-19-15-10-4-9-14(18-15)17-13-8-3-6-11-5-1-2-7-12(11)13/h3-4,6,8-10H,1-2,5,7,16H2,(H2,17,18,19). The van der Waals surface area contributed by atoms with E-state index in [1.54, 1.807) is 0 Å². The molecule has 1 heterocycles. The van der Waals surface area contributed by atoms with Crippen LogP contribution < -0.4 is 16.6 Å². The van der Waals surface area contributed by atoms with Crippen molar-refractivity contribution >= 4 is 17.3 Å². The number of nitrogens with zero attached hydrogens (tertiary/aromatic N) is 1. The lowest BCUT2D eigenvalue weighted by molar-refractivity contribution is 0.687. The van der Waals surface area contributed by atoms with Crippen LogP contribution in [0.4, 0.5) is 17.3 Å². The number of nitrogen functional groups attached to an aromatic ring is 1. The summed E-state index contributed by atoms with van der Waals surface area (Å²) in [4.78, 5) is 4.39. The van der Waals surface area contributed by atoms with E-state index in [2.05, 4.69) is 33.9 Å². The number of fused-ring (bicyclic) bond motifs is 1. The molecule has 0 saturated carbocycles.